The molecule has 0 radical (unpaired) electrons. The van der Waals surface area contributed by atoms with Crippen LogP contribution in [-0.4, -0.2) is 34.8 Å². The third-order valence-corrected chi connectivity index (χ3v) is 5.74. The Bertz CT molecular complexity index is 810. The molecule has 142 valence electrons. The summed E-state index contributed by atoms with van der Waals surface area (Å²) in [4.78, 5) is 32.5. The summed E-state index contributed by atoms with van der Waals surface area (Å²) in [6, 6.07) is 9.78. The average Bonchev–Trinajstić information content (AvgIpc) is 3.15. The number of hydrogen-bond donors (Lipinski definition) is 0. The fourth-order valence-electron chi connectivity index (χ4n) is 3.38. The lowest BCUT2D eigenvalue weighted by molar-refractivity contribution is -0.127. The molecular weight excluding hydrogens is 358 g/mol. The first-order chi connectivity index (χ1) is 13.1. The minimum absolute atomic E-state index is 0.00272. The topological polar surface area (TPSA) is 53.5 Å². The molecule has 1 aliphatic rings. The Morgan fingerprint density at radius 2 is 1.85 bits per heavy atom. The second kappa shape index (κ2) is 8.95. The normalized spacial score (nSPS) is 15.0. The molecular formula is C21H25N3O2S. The zero-order valence-electron chi connectivity index (χ0n) is 15.8. The number of aromatic nitrogens is 1. The molecule has 0 unspecified atom stereocenters. The van der Waals surface area contributed by atoms with Crippen molar-refractivity contribution in [2.24, 2.45) is 0 Å². The van der Waals surface area contributed by atoms with E-state index < -0.39 is 0 Å². The van der Waals surface area contributed by atoms with Gasteiger partial charge >= 0.3 is 0 Å². The van der Waals surface area contributed by atoms with Crippen LogP contribution in [0.4, 0.5) is 10.8 Å². The molecule has 0 atom stereocenters. The molecule has 1 fully saturated rings. The molecule has 6 heteroatoms. The number of nitrogens with zero attached hydrogens (tertiary/aromatic N) is 3. The maximum atomic E-state index is 12.4. The van der Waals surface area contributed by atoms with Crippen molar-refractivity contribution in [2.45, 2.75) is 45.1 Å². The standard InChI is InChI=1S/C21H25N3O2S/c1-16(25)24(19-11-7-4-8-12-19)21-22-17(15-27-21)13-14-20(26)23(2)18-9-5-3-6-10-18/h4,7-8,11-15,18H,3,5-6,9-10H2,1-2H3. The number of rotatable bonds is 5. The lowest BCUT2D eigenvalue weighted by Gasteiger charge is -2.30. The molecule has 5 nitrogen and oxygen atoms in total. The van der Waals surface area contributed by atoms with Gasteiger partial charge in [-0.05, 0) is 31.1 Å². The molecule has 2 aromatic rings. The highest BCUT2D eigenvalue weighted by molar-refractivity contribution is 7.14. The number of benzene rings is 1. The summed E-state index contributed by atoms with van der Waals surface area (Å²) in [7, 11) is 1.88. The van der Waals surface area contributed by atoms with E-state index in [1.54, 1.807) is 17.1 Å². The van der Waals surface area contributed by atoms with Crippen LogP contribution in [0.25, 0.3) is 6.08 Å². The van der Waals surface area contributed by atoms with Crippen molar-refractivity contribution in [3.05, 3.63) is 47.5 Å². The van der Waals surface area contributed by atoms with Crippen molar-refractivity contribution in [1.82, 2.24) is 9.88 Å². The van der Waals surface area contributed by atoms with Crippen molar-refractivity contribution in [1.29, 1.82) is 0 Å². The quantitative estimate of drug-likeness (QED) is 0.707. The number of thiazole rings is 1. The Labute approximate surface area is 164 Å². The summed E-state index contributed by atoms with van der Waals surface area (Å²) in [5.74, 6) is -0.0953. The minimum atomic E-state index is -0.0980. The molecule has 1 aromatic heterocycles. The SMILES string of the molecule is CC(=O)N(c1ccccc1)c1nc(C=CC(=O)N(C)C2CCCCC2)cs1. The van der Waals surface area contributed by atoms with Crippen molar-refractivity contribution in [2.75, 3.05) is 11.9 Å². The van der Waals surface area contributed by atoms with Crippen LogP contribution in [0, 0.1) is 0 Å². The molecule has 27 heavy (non-hydrogen) atoms. The minimum Gasteiger partial charge on any atom is -0.339 e. The fourth-order valence-corrected chi connectivity index (χ4v) is 4.24. The van der Waals surface area contributed by atoms with E-state index in [4.69, 9.17) is 0 Å². The van der Waals surface area contributed by atoms with Gasteiger partial charge in [-0.3, -0.25) is 14.5 Å². The van der Waals surface area contributed by atoms with Gasteiger partial charge in [-0.15, -0.1) is 11.3 Å². The van der Waals surface area contributed by atoms with Gasteiger partial charge < -0.3 is 4.90 Å². The first-order valence-corrected chi connectivity index (χ1v) is 10.2. The van der Waals surface area contributed by atoms with E-state index in [0.29, 0.717) is 16.9 Å². The van der Waals surface area contributed by atoms with Crippen molar-refractivity contribution in [3.8, 4) is 0 Å². The summed E-state index contributed by atoms with van der Waals surface area (Å²) >= 11 is 1.39. The largest absolute Gasteiger partial charge is 0.339 e. The van der Waals surface area contributed by atoms with Gasteiger partial charge in [0, 0.05) is 31.5 Å². The fraction of sp³-hybridized carbons (Fsp3) is 0.381. The molecule has 1 aromatic carbocycles. The monoisotopic (exact) mass is 383 g/mol. The van der Waals surface area contributed by atoms with E-state index >= 15 is 0 Å². The Hall–Kier alpha value is -2.47. The molecule has 0 spiro atoms. The van der Waals surface area contributed by atoms with Crippen LogP contribution in [-0.2, 0) is 9.59 Å². The summed E-state index contributed by atoms with van der Waals surface area (Å²) in [6.45, 7) is 1.52. The predicted molar refractivity (Wildman–Crippen MR) is 110 cm³/mol. The highest BCUT2D eigenvalue weighted by atomic mass is 32.1. The van der Waals surface area contributed by atoms with Gasteiger partial charge in [0.15, 0.2) is 5.13 Å². The van der Waals surface area contributed by atoms with Gasteiger partial charge in [0.25, 0.3) is 0 Å². The average molecular weight is 384 g/mol. The van der Waals surface area contributed by atoms with E-state index in [-0.39, 0.29) is 11.8 Å². The Kier molecular flexibility index (Phi) is 6.40. The van der Waals surface area contributed by atoms with Gasteiger partial charge in [0.05, 0.1) is 11.4 Å². The Morgan fingerprint density at radius 1 is 1.15 bits per heavy atom. The molecule has 0 aliphatic heterocycles. The van der Waals surface area contributed by atoms with E-state index in [2.05, 4.69) is 4.98 Å². The van der Waals surface area contributed by atoms with Crippen LogP contribution >= 0.6 is 11.3 Å². The number of hydrogen-bond acceptors (Lipinski definition) is 4. The zero-order valence-corrected chi connectivity index (χ0v) is 16.6. The second-order valence-electron chi connectivity index (χ2n) is 6.82. The maximum Gasteiger partial charge on any atom is 0.246 e. The van der Waals surface area contributed by atoms with Crippen molar-refractivity contribution in [3.63, 3.8) is 0 Å². The number of para-hydroxylation sites is 1. The first kappa shape index (κ1) is 19.3. The molecule has 1 saturated carbocycles. The summed E-state index contributed by atoms with van der Waals surface area (Å²) in [5.41, 5.74) is 1.46. The lowest BCUT2D eigenvalue weighted by atomic mass is 9.94. The Balaban J connectivity index is 1.70. The van der Waals surface area contributed by atoms with Crippen molar-refractivity contribution >= 4 is 40.0 Å². The van der Waals surface area contributed by atoms with Crippen LogP contribution in [0.3, 0.4) is 0 Å². The number of amides is 2. The first-order valence-electron chi connectivity index (χ1n) is 9.32. The summed E-state index contributed by atoms with van der Waals surface area (Å²) in [5, 5.41) is 2.46. The third-order valence-electron chi connectivity index (χ3n) is 4.90. The van der Waals surface area contributed by atoms with Gasteiger partial charge in [-0.1, -0.05) is 37.5 Å². The molecule has 2 amide bonds. The maximum absolute atomic E-state index is 12.4. The number of anilines is 2. The second-order valence-corrected chi connectivity index (χ2v) is 7.66. The van der Waals surface area contributed by atoms with E-state index in [1.807, 2.05) is 47.7 Å². The molecule has 0 bridgehead atoms. The number of carbonyl (C=O) groups is 2. The smallest absolute Gasteiger partial charge is 0.246 e. The summed E-state index contributed by atoms with van der Waals surface area (Å²) in [6.07, 6.45) is 9.13. The van der Waals surface area contributed by atoms with Gasteiger partial charge in [-0.2, -0.15) is 0 Å². The summed E-state index contributed by atoms with van der Waals surface area (Å²) < 4.78 is 0. The van der Waals surface area contributed by atoms with Crippen LogP contribution < -0.4 is 4.90 Å². The van der Waals surface area contributed by atoms with Gasteiger partial charge in [0.1, 0.15) is 0 Å². The zero-order chi connectivity index (χ0) is 19.2. The van der Waals surface area contributed by atoms with Crippen LogP contribution in [0.1, 0.15) is 44.7 Å². The van der Waals surface area contributed by atoms with Crippen LogP contribution in [0.5, 0.6) is 0 Å². The van der Waals surface area contributed by atoms with Crippen LogP contribution in [0.15, 0.2) is 41.8 Å². The number of likely N-dealkylation sites (N-methyl/N-ethyl adjacent to an activating group) is 1. The highest BCUT2D eigenvalue weighted by Crippen LogP contribution is 2.29. The Morgan fingerprint density at radius 3 is 2.52 bits per heavy atom. The van der Waals surface area contributed by atoms with E-state index in [9.17, 15) is 9.59 Å². The molecule has 1 aliphatic carbocycles. The van der Waals surface area contributed by atoms with Gasteiger partial charge in [-0.25, -0.2) is 4.98 Å². The van der Waals surface area contributed by atoms with E-state index in [1.165, 1.54) is 37.5 Å². The molecule has 1 heterocycles. The lowest BCUT2D eigenvalue weighted by Crippen LogP contribution is -2.37. The van der Waals surface area contributed by atoms with Crippen LogP contribution in [0.2, 0.25) is 0 Å². The predicted octanol–water partition coefficient (Wildman–Crippen LogP) is 4.63. The van der Waals surface area contributed by atoms with Crippen molar-refractivity contribution < 1.29 is 9.59 Å². The molecule has 3 rings (SSSR count). The number of carbonyl (C=O) groups excluding carboxylic acids is 2. The third kappa shape index (κ3) is 4.83. The molecule has 0 N–H and O–H groups in total. The highest BCUT2D eigenvalue weighted by Gasteiger charge is 2.21. The molecule has 0 saturated heterocycles. The van der Waals surface area contributed by atoms with Gasteiger partial charge in [0.2, 0.25) is 11.8 Å². The van der Waals surface area contributed by atoms with E-state index in [0.717, 1.165) is 18.5 Å².